The van der Waals surface area contributed by atoms with Gasteiger partial charge in [-0.25, -0.2) is 0 Å². The Morgan fingerprint density at radius 1 is 1.44 bits per heavy atom. The van der Waals surface area contributed by atoms with Gasteiger partial charge in [0.05, 0.1) is 11.5 Å². The van der Waals surface area contributed by atoms with Crippen LogP contribution in [-0.2, 0) is 4.79 Å². The Hall–Kier alpha value is -0.640. The monoisotopic (exact) mass is 240 g/mol. The second-order valence-electron chi connectivity index (χ2n) is 5.19. The maximum atomic E-state index is 12.2. The molecule has 0 bridgehead atoms. The molecule has 0 aromatic rings. The van der Waals surface area contributed by atoms with Crippen LogP contribution < -0.4 is 5.73 Å². The summed E-state index contributed by atoms with van der Waals surface area (Å²) in [5.74, 6) is 1.09. The Kier molecular flexibility index (Phi) is 3.47. The summed E-state index contributed by atoms with van der Waals surface area (Å²) in [5.41, 5.74) is 5.59. The van der Waals surface area contributed by atoms with Crippen LogP contribution in [0.1, 0.15) is 39.0 Å². The van der Waals surface area contributed by atoms with Crippen molar-refractivity contribution in [3.63, 3.8) is 0 Å². The zero-order valence-corrected chi connectivity index (χ0v) is 10.6. The number of nitrogens with zero attached hydrogens (tertiary/aromatic N) is 1. The molecule has 2 fully saturated rings. The molecule has 2 aliphatic carbocycles. The summed E-state index contributed by atoms with van der Waals surface area (Å²) in [6.07, 6.45) is 5.74. The van der Waals surface area contributed by atoms with E-state index in [2.05, 4.69) is 6.92 Å². The SMILES string of the molecule is CC1CC1C(=O)N(CC(N)=S)C1CCCC1. The van der Waals surface area contributed by atoms with Gasteiger partial charge in [0.15, 0.2) is 0 Å². The van der Waals surface area contributed by atoms with E-state index in [-0.39, 0.29) is 11.8 Å². The Morgan fingerprint density at radius 3 is 2.44 bits per heavy atom. The van der Waals surface area contributed by atoms with Crippen molar-refractivity contribution in [1.29, 1.82) is 0 Å². The highest BCUT2D eigenvalue weighted by molar-refractivity contribution is 7.80. The van der Waals surface area contributed by atoms with Crippen molar-refractivity contribution >= 4 is 23.1 Å². The summed E-state index contributed by atoms with van der Waals surface area (Å²) in [7, 11) is 0. The molecule has 2 atom stereocenters. The third kappa shape index (κ3) is 2.54. The lowest BCUT2D eigenvalue weighted by molar-refractivity contribution is -0.134. The normalized spacial score (nSPS) is 29.1. The fraction of sp³-hybridized carbons (Fsp3) is 0.833. The molecule has 0 saturated heterocycles. The van der Waals surface area contributed by atoms with Gasteiger partial charge in [-0.3, -0.25) is 4.79 Å². The van der Waals surface area contributed by atoms with E-state index in [1.807, 2.05) is 4.90 Å². The number of rotatable bonds is 4. The zero-order chi connectivity index (χ0) is 11.7. The van der Waals surface area contributed by atoms with Crippen molar-refractivity contribution in [2.45, 2.75) is 45.1 Å². The lowest BCUT2D eigenvalue weighted by Crippen LogP contribution is -2.44. The summed E-state index contributed by atoms with van der Waals surface area (Å²) in [6, 6.07) is 0.391. The van der Waals surface area contributed by atoms with E-state index in [1.165, 1.54) is 12.8 Å². The minimum atomic E-state index is 0.245. The van der Waals surface area contributed by atoms with Gasteiger partial charge in [0.2, 0.25) is 5.91 Å². The molecule has 2 aliphatic rings. The van der Waals surface area contributed by atoms with Gasteiger partial charge in [0.1, 0.15) is 0 Å². The second kappa shape index (κ2) is 4.70. The molecule has 0 aliphatic heterocycles. The van der Waals surface area contributed by atoms with Crippen molar-refractivity contribution in [3.05, 3.63) is 0 Å². The quantitative estimate of drug-likeness (QED) is 0.761. The smallest absolute Gasteiger partial charge is 0.226 e. The lowest BCUT2D eigenvalue weighted by atomic mass is 10.1. The highest BCUT2D eigenvalue weighted by Gasteiger charge is 2.43. The number of hydrogen-bond donors (Lipinski definition) is 1. The molecule has 0 spiro atoms. The minimum Gasteiger partial charge on any atom is -0.392 e. The van der Waals surface area contributed by atoms with E-state index in [4.69, 9.17) is 18.0 Å². The van der Waals surface area contributed by atoms with Crippen molar-refractivity contribution in [2.24, 2.45) is 17.6 Å². The molecule has 0 aromatic carbocycles. The highest BCUT2D eigenvalue weighted by atomic mass is 32.1. The van der Waals surface area contributed by atoms with Crippen LogP contribution in [-0.4, -0.2) is 28.4 Å². The van der Waals surface area contributed by atoms with Gasteiger partial charge >= 0.3 is 0 Å². The molecule has 3 nitrogen and oxygen atoms in total. The first-order chi connectivity index (χ1) is 7.59. The summed E-state index contributed by atoms with van der Waals surface area (Å²) in [4.78, 5) is 14.6. The van der Waals surface area contributed by atoms with Gasteiger partial charge in [0, 0.05) is 12.0 Å². The predicted octanol–water partition coefficient (Wildman–Crippen LogP) is 1.70. The molecule has 2 N–H and O–H groups in total. The maximum Gasteiger partial charge on any atom is 0.226 e. The molecule has 2 rings (SSSR count). The van der Waals surface area contributed by atoms with Crippen LogP contribution in [0.5, 0.6) is 0 Å². The van der Waals surface area contributed by atoms with Crippen LogP contribution in [0.15, 0.2) is 0 Å². The fourth-order valence-corrected chi connectivity index (χ4v) is 2.79. The number of carbonyl (C=O) groups is 1. The average Bonchev–Trinajstić information content (AvgIpc) is 2.77. The third-order valence-electron chi connectivity index (χ3n) is 3.80. The van der Waals surface area contributed by atoms with Crippen molar-refractivity contribution in [2.75, 3.05) is 6.54 Å². The van der Waals surface area contributed by atoms with E-state index < -0.39 is 0 Å². The van der Waals surface area contributed by atoms with E-state index in [0.29, 0.717) is 23.5 Å². The summed E-state index contributed by atoms with van der Waals surface area (Å²) in [5, 5.41) is 0. The summed E-state index contributed by atoms with van der Waals surface area (Å²) < 4.78 is 0. The van der Waals surface area contributed by atoms with Crippen molar-refractivity contribution < 1.29 is 4.79 Å². The average molecular weight is 240 g/mol. The van der Waals surface area contributed by atoms with Gasteiger partial charge in [-0.1, -0.05) is 32.0 Å². The predicted molar refractivity (Wildman–Crippen MR) is 68.0 cm³/mol. The summed E-state index contributed by atoms with van der Waals surface area (Å²) >= 11 is 4.95. The number of carbonyl (C=O) groups excluding carboxylic acids is 1. The van der Waals surface area contributed by atoms with Gasteiger partial charge in [-0.05, 0) is 25.2 Å². The molecular formula is C12H20N2OS. The number of thiocarbonyl (C=S) groups is 1. The molecule has 2 saturated carbocycles. The van der Waals surface area contributed by atoms with Crippen LogP contribution in [0.4, 0.5) is 0 Å². The Morgan fingerprint density at radius 2 is 2.00 bits per heavy atom. The molecule has 4 heteroatoms. The van der Waals surface area contributed by atoms with Gasteiger partial charge in [-0.15, -0.1) is 0 Å². The van der Waals surface area contributed by atoms with E-state index in [9.17, 15) is 4.79 Å². The van der Waals surface area contributed by atoms with Crippen LogP contribution in [0.3, 0.4) is 0 Å². The van der Waals surface area contributed by atoms with Gasteiger partial charge in [0.25, 0.3) is 0 Å². The largest absolute Gasteiger partial charge is 0.392 e. The lowest BCUT2D eigenvalue weighted by Gasteiger charge is -2.28. The molecule has 0 heterocycles. The maximum absolute atomic E-state index is 12.2. The molecule has 0 radical (unpaired) electrons. The van der Waals surface area contributed by atoms with Gasteiger partial charge in [-0.2, -0.15) is 0 Å². The van der Waals surface area contributed by atoms with Crippen LogP contribution >= 0.6 is 12.2 Å². The Labute approximate surface area is 102 Å². The third-order valence-corrected chi connectivity index (χ3v) is 3.93. The molecule has 90 valence electrons. The second-order valence-corrected chi connectivity index (χ2v) is 5.71. The summed E-state index contributed by atoms with van der Waals surface area (Å²) in [6.45, 7) is 2.61. The number of hydrogen-bond acceptors (Lipinski definition) is 2. The molecule has 0 aromatic heterocycles. The first kappa shape index (κ1) is 11.8. The Balaban J connectivity index is 2.01. The standard InChI is InChI=1S/C12H20N2OS/c1-8-6-10(8)12(15)14(7-11(13)16)9-4-2-3-5-9/h8-10H,2-7H2,1H3,(H2,13,16). The number of nitrogens with two attached hydrogens (primary N) is 1. The van der Waals surface area contributed by atoms with Gasteiger partial charge < -0.3 is 10.6 Å². The molecule has 16 heavy (non-hydrogen) atoms. The highest BCUT2D eigenvalue weighted by Crippen LogP contribution is 2.40. The zero-order valence-electron chi connectivity index (χ0n) is 9.82. The number of amides is 1. The van der Waals surface area contributed by atoms with Crippen molar-refractivity contribution in [3.8, 4) is 0 Å². The topological polar surface area (TPSA) is 46.3 Å². The first-order valence-corrected chi connectivity index (χ1v) is 6.59. The van der Waals surface area contributed by atoms with Crippen molar-refractivity contribution in [1.82, 2.24) is 4.90 Å². The van der Waals surface area contributed by atoms with Crippen LogP contribution in [0.25, 0.3) is 0 Å². The van der Waals surface area contributed by atoms with E-state index in [0.717, 1.165) is 19.3 Å². The molecule has 2 unspecified atom stereocenters. The van der Waals surface area contributed by atoms with Crippen LogP contribution in [0, 0.1) is 11.8 Å². The fourth-order valence-electron chi connectivity index (χ4n) is 2.65. The Bertz CT molecular complexity index is 299. The van der Waals surface area contributed by atoms with Crippen LogP contribution in [0.2, 0.25) is 0 Å². The van der Waals surface area contributed by atoms with E-state index >= 15 is 0 Å². The molecular weight excluding hydrogens is 220 g/mol. The molecule has 1 amide bonds. The minimum absolute atomic E-state index is 0.245. The van der Waals surface area contributed by atoms with E-state index in [1.54, 1.807) is 0 Å². The first-order valence-electron chi connectivity index (χ1n) is 6.18.